The molecule has 0 heterocycles. The quantitative estimate of drug-likeness (QED) is 0.443. The van der Waals surface area contributed by atoms with E-state index in [4.69, 9.17) is 4.74 Å². The van der Waals surface area contributed by atoms with Crippen LogP contribution in [0.2, 0.25) is 0 Å². The Morgan fingerprint density at radius 3 is 2.19 bits per heavy atom. The number of anilines is 1. The summed E-state index contributed by atoms with van der Waals surface area (Å²) in [4.78, 5) is 41.6. The Balaban J connectivity index is 2.50. The molecule has 3 N–H and O–H groups in total. The molecule has 8 nitrogen and oxygen atoms in total. The van der Waals surface area contributed by atoms with Crippen LogP contribution in [-0.4, -0.2) is 46.1 Å². The Bertz CT molecular complexity index is 1060. The number of benzene rings is 2. The van der Waals surface area contributed by atoms with Crippen molar-refractivity contribution in [2.24, 2.45) is 5.92 Å². The summed E-state index contributed by atoms with van der Waals surface area (Å²) < 4.78 is 5.37. The Morgan fingerprint density at radius 1 is 1.03 bits per heavy atom. The van der Waals surface area contributed by atoms with Crippen molar-refractivity contribution in [3.8, 4) is 5.75 Å². The number of aromatic hydroxyl groups is 1. The minimum Gasteiger partial charge on any atom is -0.508 e. The zero-order valence-electron chi connectivity index (χ0n) is 22.3. The van der Waals surface area contributed by atoms with Gasteiger partial charge >= 0.3 is 6.09 Å². The fraction of sp³-hybridized carbons (Fsp3) is 0.464. The van der Waals surface area contributed by atoms with Gasteiger partial charge in [-0.15, -0.1) is 0 Å². The maximum absolute atomic E-state index is 13.9. The fourth-order valence-corrected chi connectivity index (χ4v) is 3.82. The van der Waals surface area contributed by atoms with Crippen molar-refractivity contribution in [2.45, 2.75) is 72.6 Å². The SMILES string of the molecule is CCCN(C(=O)C(NC(=O)OC(C)(C)C)C(C)C)C(C(=O)Nc1ccccc1C)c1ccccc1O. The molecule has 0 fully saturated rings. The third kappa shape index (κ3) is 7.73. The molecule has 196 valence electrons. The molecule has 0 aliphatic rings. The number of para-hydroxylation sites is 2. The minimum absolute atomic E-state index is 0.0995. The molecule has 2 unspecified atom stereocenters. The molecule has 0 radical (unpaired) electrons. The molecule has 2 rings (SSSR count). The van der Waals surface area contributed by atoms with Crippen molar-refractivity contribution in [3.05, 3.63) is 59.7 Å². The first-order valence-electron chi connectivity index (χ1n) is 12.3. The van der Waals surface area contributed by atoms with Crippen LogP contribution in [0.1, 0.15) is 65.1 Å². The van der Waals surface area contributed by atoms with Gasteiger partial charge < -0.3 is 25.4 Å². The third-order valence-electron chi connectivity index (χ3n) is 5.55. The molecule has 3 amide bonds. The van der Waals surface area contributed by atoms with Crippen molar-refractivity contribution >= 4 is 23.6 Å². The summed E-state index contributed by atoms with van der Waals surface area (Å²) in [5.74, 6) is -1.29. The molecule has 2 aromatic rings. The first kappa shape index (κ1) is 28.7. The van der Waals surface area contributed by atoms with Gasteiger partial charge in [0, 0.05) is 17.8 Å². The molecule has 2 aromatic carbocycles. The molecule has 8 heteroatoms. The highest BCUT2D eigenvalue weighted by Gasteiger charge is 2.38. The largest absolute Gasteiger partial charge is 0.508 e. The van der Waals surface area contributed by atoms with Gasteiger partial charge in [-0.3, -0.25) is 9.59 Å². The third-order valence-corrected chi connectivity index (χ3v) is 5.55. The second kappa shape index (κ2) is 12.4. The number of rotatable bonds is 9. The van der Waals surface area contributed by atoms with E-state index < -0.39 is 35.6 Å². The number of phenolic OH excluding ortho intramolecular Hbond substituents is 1. The molecule has 36 heavy (non-hydrogen) atoms. The first-order chi connectivity index (χ1) is 16.9. The molecule has 0 aliphatic carbocycles. The second-order valence-corrected chi connectivity index (χ2v) is 10.2. The van der Waals surface area contributed by atoms with Gasteiger partial charge in [-0.2, -0.15) is 0 Å². The zero-order valence-corrected chi connectivity index (χ0v) is 22.3. The second-order valence-electron chi connectivity index (χ2n) is 10.2. The number of ether oxygens (including phenoxy) is 1. The van der Waals surface area contributed by atoms with Crippen molar-refractivity contribution in [3.63, 3.8) is 0 Å². The van der Waals surface area contributed by atoms with Crippen molar-refractivity contribution in [1.29, 1.82) is 0 Å². The number of hydrogen-bond donors (Lipinski definition) is 3. The van der Waals surface area contributed by atoms with Crippen LogP contribution in [0.3, 0.4) is 0 Å². The van der Waals surface area contributed by atoms with E-state index in [1.54, 1.807) is 45.0 Å². The summed E-state index contributed by atoms with van der Waals surface area (Å²) in [6.45, 7) is 12.9. The monoisotopic (exact) mass is 497 g/mol. The molecular formula is C28H39N3O5. The fourth-order valence-electron chi connectivity index (χ4n) is 3.82. The van der Waals surface area contributed by atoms with E-state index in [9.17, 15) is 19.5 Å². The van der Waals surface area contributed by atoms with Gasteiger partial charge in [-0.1, -0.05) is 57.2 Å². The minimum atomic E-state index is -1.13. The first-order valence-corrected chi connectivity index (χ1v) is 12.3. The molecule has 2 atom stereocenters. The Labute approximate surface area is 214 Å². The average molecular weight is 498 g/mol. The number of nitrogens with one attached hydrogen (secondary N) is 2. The molecule has 0 bridgehead atoms. The number of aryl methyl sites for hydroxylation is 1. The molecule has 0 saturated carbocycles. The van der Waals surface area contributed by atoms with Gasteiger partial charge in [0.25, 0.3) is 5.91 Å². The Hall–Kier alpha value is -3.55. The van der Waals surface area contributed by atoms with Crippen LogP contribution in [0.4, 0.5) is 10.5 Å². The normalized spacial score (nSPS) is 13.0. The predicted molar refractivity (Wildman–Crippen MR) is 141 cm³/mol. The lowest BCUT2D eigenvalue weighted by molar-refractivity contribution is -0.141. The van der Waals surface area contributed by atoms with Crippen LogP contribution in [-0.2, 0) is 14.3 Å². The van der Waals surface area contributed by atoms with Gasteiger partial charge in [0.1, 0.15) is 23.4 Å². The summed E-state index contributed by atoms with van der Waals surface area (Å²) in [6, 6.07) is 11.7. The van der Waals surface area contributed by atoms with Crippen LogP contribution < -0.4 is 10.6 Å². The summed E-state index contributed by atoms with van der Waals surface area (Å²) in [5.41, 5.74) is 1.04. The van der Waals surface area contributed by atoms with Gasteiger partial charge in [-0.25, -0.2) is 4.79 Å². The molecule has 0 aromatic heterocycles. The van der Waals surface area contributed by atoms with E-state index in [2.05, 4.69) is 10.6 Å². The standard InChI is InChI=1S/C28H39N3O5/c1-8-17-31(26(34)23(18(2)3)30-27(35)36-28(5,6)7)24(20-14-10-12-16-22(20)32)25(33)29-21-15-11-9-13-19(21)4/h9-16,18,23-24,32H,8,17H2,1-7H3,(H,29,33)(H,30,35). The number of amides is 3. The Kier molecular flexibility index (Phi) is 9.90. The summed E-state index contributed by atoms with van der Waals surface area (Å²) in [5, 5.41) is 16.3. The van der Waals surface area contributed by atoms with Gasteiger partial charge in [0.15, 0.2) is 0 Å². The number of carbonyl (C=O) groups excluding carboxylic acids is 3. The number of nitrogens with zero attached hydrogens (tertiary/aromatic N) is 1. The van der Waals surface area contributed by atoms with Crippen LogP contribution in [0.5, 0.6) is 5.75 Å². The number of hydrogen-bond acceptors (Lipinski definition) is 5. The summed E-state index contributed by atoms with van der Waals surface area (Å²) in [7, 11) is 0. The van der Waals surface area contributed by atoms with Gasteiger partial charge in [0.2, 0.25) is 5.91 Å². The van der Waals surface area contributed by atoms with Crippen LogP contribution >= 0.6 is 0 Å². The number of phenols is 1. The molecule has 0 saturated heterocycles. The Morgan fingerprint density at radius 2 is 1.64 bits per heavy atom. The topological polar surface area (TPSA) is 108 Å². The van der Waals surface area contributed by atoms with Crippen molar-refractivity contribution in [1.82, 2.24) is 10.2 Å². The highest BCUT2D eigenvalue weighted by molar-refractivity contribution is 5.99. The van der Waals surface area contributed by atoms with Gasteiger partial charge in [-0.05, 0) is 57.7 Å². The highest BCUT2D eigenvalue weighted by Crippen LogP contribution is 2.31. The van der Waals surface area contributed by atoms with E-state index in [1.165, 1.54) is 11.0 Å². The number of alkyl carbamates (subject to hydrolysis) is 1. The predicted octanol–water partition coefficient (Wildman–Crippen LogP) is 5.17. The lowest BCUT2D eigenvalue weighted by atomic mass is 9.98. The van der Waals surface area contributed by atoms with Crippen molar-refractivity contribution < 1.29 is 24.2 Å². The van der Waals surface area contributed by atoms with E-state index >= 15 is 0 Å². The highest BCUT2D eigenvalue weighted by atomic mass is 16.6. The summed E-state index contributed by atoms with van der Waals surface area (Å²) >= 11 is 0. The van der Waals surface area contributed by atoms with Crippen LogP contribution in [0.15, 0.2) is 48.5 Å². The zero-order chi connectivity index (χ0) is 27.0. The van der Waals surface area contributed by atoms with Crippen LogP contribution in [0, 0.1) is 12.8 Å². The van der Waals surface area contributed by atoms with E-state index in [0.29, 0.717) is 17.7 Å². The smallest absolute Gasteiger partial charge is 0.408 e. The molecule has 0 spiro atoms. The van der Waals surface area contributed by atoms with Gasteiger partial charge in [0.05, 0.1) is 0 Å². The maximum Gasteiger partial charge on any atom is 0.408 e. The van der Waals surface area contributed by atoms with E-state index in [1.807, 2.05) is 45.9 Å². The number of carbonyl (C=O) groups is 3. The average Bonchev–Trinajstić information content (AvgIpc) is 2.78. The molecular weight excluding hydrogens is 458 g/mol. The lowest BCUT2D eigenvalue weighted by Gasteiger charge is -2.35. The van der Waals surface area contributed by atoms with Crippen molar-refractivity contribution in [2.75, 3.05) is 11.9 Å². The van der Waals surface area contributed by atoms with Crippen LogP contribution in [0.25, 0.3) is 0 Å². The van der Waals surface area contributed by atoms with E-state index in [0.717, 1.165) is 5.56 Å². The van der Waals surface area contributed by atoms with E-state index in [-0.39, 0.29) is 18.2 Å². The lowest BCUT2D eigenvalue weighted by Crippen LogP contribution is -2.54. The summed E-state index contributed by atoms with van der Waals surface area (Å²) in [6.07, 6.45) is -0.153. The molecule has 0 aliphatic heterocycles. The maximum atomic E-state index is 13.9.